The summed E-state index contributed by atoms with van der Waals surface area (Å²) in [7, 11) is 2.30. The molecule has 0 aliphatic carbocycles. The number of hydrogen-bond acceptors (Lipinski definition) is 4. The predicted octanol–water partition coefficient (Wildman–Crippen LogP) is 1.93. The Balaban J connectivity index is 1.67. The van der Waals surface area contributed by atoms with Crippen LogP contribution in [0.15, 0.2) is 18.5 Å². The molecular weight excluding hydrogens is 224 g/mol. The minimum Gasteiger partial charge on any atom is -0.341 e. The van der Waals surface area contributed by atoms with Crippen molar-refractivity contribution in [3.05, 3.63) is 18.5 Å². The second-order valence-corrected chi connectivity index (χ2v) is 5.64. The van der Waals surface area contributed by atoms with Crippen LogP contribution >= 0.6 is 0 Å². The van der Waals surface area contributed by atoms with E-state index >= 15 is 0 Å². The van der Waals surface area contributed by atoms with Gasteiger partial charge in [0.2, 0.25) is 5.95 Å². The minimum absolute atomic E-state index is 0.462. The van der Waals surface area contributed by atoms with Gasteiger partial charge in [-0.2, -0.15) is 0 Å². The Morgan fingerprint density at radius 2 is 1.72 bits per heavy atom. The minimum atomic E-state index is 0.462. The number of aromatic nitrogens is 2. The van der Waals surface area contributed by atoms with Crippen LogP contribution in [0.5, 0.6) is 0 Å². The molecule has 0 bridgehead atoms. The van der Waals surface area contributed by atoms with Gasteiger partial charge in [-0.25, -0.2) is 9.97 Å². The number of rotatable bonds is 1. The van der Waals surface area contributed by atoms with Gasteiger partial charge >= 0.3 is 0 Å². The van der Waals surface area contributed by atoms with Crippen molar-refractivity contribution in [1.29, 1.82) is 0 Å². The van der Waals surface area contributed by atoms with E-state index in [4.69, 9.17) is 0 Å². The Morgan fingerprint density at radius 1 is 1.00 bits per heavy atom. The van der Waals surface area contributed by atoms with Gasteiger partial charge in [0.25, 0.3) is 0 Å². The first-order valence-electron chi connectivity index (χ1n) is 7.03. The first kappa shape index (κ1) is 11.9. The van der Waals surface area contributed by atoms with E-state index < -0.39 is 0 Å². The van der Waals surface area contributed by atoms with Crippen LogP contribution < -0.4 is 4.90 Å². The summed E-state index contributed by atoms with van der Waals surface area (Å²) >= 11 is 0. The lowest BCUT2D eigenvalue weighted by Gasteiger charge is -2.50. The summed E-state index contributed by atoms with van der Waals surface area (Å²) in [4.78, 5) is 13.6. The van der Waals surface area contributed by atoms with Crippen LogP contribution in [0, 0.1) is 0 Å². The Bertz CT molecular complexity index is 384. The molecule has 0 N–H and O–H groups in total. The molecule has 1 spiro atoms. The summed E-state index contributed by atoms with van der Waals surface area (Å²) in [5.41, 5.74) is 0.462. The average molecular weight is 246 g/mol. The normalized spacial score (nSPS) is 24.4. The molecule has 0 atom stereocenters. The molecular formula is C14H22N4. The molecule has 4 nitrogen and oxygen atoms in total. The summed E-state index contributed by atoms with van der Waals surface area (Å²) in [5.74, 6) is 0.894. The summed E-state index contributed by atoms with van der Waals surface area (Å²) in [6.07, 6.45) is 10.3. The molecule has 18 heavy (non-hydrogen) atoms. The molecule has 98 valence electrons. The number of piperidine rings is 2. The molecule has 1 aromatic heterocycles. The largest absolute Gasteiger partial charge is 0.341 e. The lowest BCUT2D eigenvalue weighted by atomic mass is 9.79. The fourth-order valence-electron chi connectivity index (χ4n) is 3.44. The van der Waals surface area contributed by atoms with E-state index in [1.165, 1.54) is 38.6 Å². The van der Waals surface area contributed by atoms with Crippen LogP contribution in [0.25, 0.3) is 0 Å². The average Bonchev–Trinajstić information content (AvgIpc) is 2.44. The molecule has 0 radical (unpaired) electrons. The molecule has 2 aliphatic rings. The van der Waals surface area contributed by atoms with Crippen molar-refractivity contribution in [2.24, 2.45) is 0 Å². The summed E-state index contributed by atoms with van der Waals surface area (Å²) < 4.78 is 0. The third-order valence-electron chi connectivity index (χ3n) is 4.72. The van der Waals surface area contributed by atoms with Gasteiger partial charge in [0.15, 0.2) is 0 Å². The monoisotopic (exact) mass is 246 g/mol. The number of likely N-dealkylation sites (tertiary alicyclic amines) is 1. The molecule has 3 heterocycles. The summed E-state index contributed by atoms with van der Waals surface area (Å²) in [6, 6.07) is 1.88. The maximum absolute atomic E-state index is 4.36. The van der Waals surface area contributed by atoms with Gasteiger partial charge in [0.1, 0.15) is 0 Å². The third kappa shape index (κ3) is 2.09. The topological polar surface area (TPSA) is 32.3 Å². The predicted molar refractivity (Wildman–Crippen MR) is 72.7 cm³/mol. The van der Waals surface area contributed by atoms with E-state index in [0.717, 1.165) is 19.0 Å². The van der Waals surface area contributed by atoms with Crippen LogP contribution in [-0.4, -0.2) is 47.1 Å². The van der Waals surface area contributed by atoms with Crippen LogP contribution in [0.2, 0.25) is 0 Å². The van der Waals surface area contributed by atoms with E-state index in [0.29, 0.717) is 5.54 Å². The first-order valence-corrected chi connectivity index (χ1v) is 7.03. The molecule has 0 amide bonds. The Morgan fingerprint density at radius 3 is 2.39 bits per heavy atom. The fourth-order valence-corrected chi connectivity index (χ4v) is 3.44. The zero-order valence-corrected chi connectivity index (χ0v) is 11.2. The second-order valence-electron chi connectivity index (χ2n) is 5.64. The first-order chi connectivity index (χ1) is 8.80. The van der Waals surface area contributed by atoms with E-state index in [2.05, 4.69) is 26.8 Å². The Kier molecular flexibility index (Phi) is 3.20. The molecule has 2 aliphatic heterocycles. The van der Waals surface area contributed by atoms with Gasteiger partial charge in [-0.3, -0.25) is 0 Å². The molecule has 1 aromatic rings. The van der Waals surface area contributed by atoms with Crippen molar-refractivity contribution in [2.45, 2.75) is 37.6 Å². The van der Waals surface area contributed by atoms with E-state index in [1.54, 1.807) is 0 Å². The number of anilines is 1. The van der Waals surface area contributed by atoms with Gasteiger partial charge in [-0.05, 0) is 45.3 Å². The molecule has 0 unspecified atom stereocenters. The van der Waals surface area contributed by atoms with Crippen molar-refractivity contribution in [1.82, 2.24) is 14.9 Å². The standard InChI is InChI=1S/C14H22N4/c1-17-10-3-2-5-14(17)6-11-18(12-7-14)13-15-8-4-9-16-13/h4,8-9H,2-3,5-7,10-12H2,1H3. The highest BCUT2D eigenvalue weighted by Gasteiger charge is 2.39. The van der Waals surface area contributed by atoms with Crippen LogP contribution in [-0.2, 0) is 0 Å². The van der Waals surface area contributed by atoms with Crippen LogP contribution in [0.3, 0.4) is 0 Å². The van der Waals surface area contributed by atoms with Crippen LogP contribution in [0.1, 0.15) is 32.1 Å². The SMILES string of the molecule is CN1CCCCC12CCN(c1ncccn1)CC2. The molecule has 4 heteroatoms. The van der Waals surface area contributed by atoms with Gasteiger partial charge in [-0.15, -0.1) is 0 Å². The van der Waals surface area contributed by atoms with Crippen molar-refractivity contribution >= 4 is 5.95 Å². The third-order valence-corrected chi connectivity index (χ3v) is 4.72. The number of hydrogen-bond donors (Lipinski definition) is 0. The maximum Gasteiger partial charge on any atom is 0.225 e. The van der Waals surface area contributed by atoms with Crippen molar-refractivity contribution in [3.8, 4) is 0 Å². The van der Waals surface area contributed by atoms with Crippen molar-refractivity contribution in [3.63, 3.8) is 0 Å². The molecule has 0 aromatic carbocycles. The van der Waals surface area contributed by atoms with Gasteiger partial charge < -0.3 is 9.80 Å². The smallest absolute Gasteiger partial charge is 0.225 e. The molecule has 2 fully saturated rings. The lowest BCUT2D eigenvalue weighted by molar-refractivity contribution is 0.0493. The molecule has 0 saturated carbocycles. The van der Waals surface area contributed by atoms with E-state index in [1.807, 2.05) is 18.5 Å². The second kappa shape index (κ2) is 4.84. The van der Waals surface area contributed by atoms with Gasteiger partial charge in [0, 0.05) is 31.0 Å². The molecule has 3 rings (SSSR count). The highest BCUT2D eigenvalue weighted by molar-refractivity contribution is 5.30. The lowest BCUT2D eigenvalue weighted by Crippen LogP contribution is -2.56. The quantitative estimate of drug-likeness (QED) is 0.758. The Labute approximate surface area is 109 Å². The Hall–Kier alpha value is -1.16. The molecule has 2 saturated heterocycles. The van der Waals surface area contributed by atoms with Crippen molar-refractivity contribution < 1.29 is 0 Å². The number of nitrogens with zero attached hydrogens (tertiary/aromatic N) is 4. The summed E-state index contributed by atoms with van der Waals surface area (Å²) in [6.45, 7) is 3.45. The van der Waals surface area contributed by atoms with E-state index in [9.17, 15) is 0 Å². The van der Waals surface area contributed by atoms with Gasteiger partial charge in [0.05, 0.1) is 0 Å². The van der Waals surface area contributed by atoms with E-state index in [-0.39, 0.29) is 0 Å². The fraction of sp³-hybridized carbons (Fsp3) is 0.714. The van der Waals surface area contributed by atoms with Crippen molar-refractivity contribution in [2.75, 3.05) is 31.6 Å². The van der Waals surface area contributed by atoms with Gasteiger partial charge in [-0.1, -0.05) is 6.42 Å². The summed E-state index contributed by atoms with van der Waals surface area (Å²) in [5, 5.41) is 0. The highest BCUT2D eigenvalue weighted by atomic mass is 15.3. The zero-order chi connectivity index (χ0) is 12.4. The zero-order valence-electron chi connectivity index (χ0n) is 11.2. The van der Waals surface area contributed by atoms with Crippen LogP contribution in [0.4, 0.5) is 5.95 Å². The highest BCUT2D eigenvalue weighted by Crippen LogP contribution is 2.36. The maximum atomic E-state index is 4.36.